The molecule has 0 aliphatic rings. The maximum atomic E-state index is 9.51. The van der Waals surface area contributed by atoms with Gasteiger partial charge in [0.2, 0.25) is 0 Å². The minimum absolute atomic E-state index is 0.447. The second-order valence-electron chi connectivity index (χ2n) is 6.56. The highest BCUT2D eigenvalue weighted by molar-refractivity contribution is 9.09. The van der Waals surface area contributed by atoms with Gasteiger partial charge in [-0.25, -0.2) is 0 Å². The Balaban J connectivity index is 2.07. The van der Waals surface area contributed by atoms with Crippen LogP contribution in [-0.4, -0.2) is 44.2 Å². The first-order valence-electron chi connectivity index (χ1n) is 8.87. The quantitative estimate of drug-likeness (QED) is 0.251. The Morgan fingerprint density at radius 2 is 1.23 bits per heavy atom. The molecule has 0 fully saturated rings. The number of unbranched alkanes of at least 4 members (excludes halogenated alkanes) is 3. The van der Waals surface area contributed by atoms with Crippen molar-refractivity contribution in [3.63, 3.8) is 0 Å². The predicted molar refractivity (Wildman–Crippen MR) is 111 cm³/mol. The van der Waals surface area contributed by atoms with E-state index < -0.39 is 14.2 Å². The molecule has 8 heteroatoms. The lowest BCUT2D eigenvalue weighted by molar-refractivity contribution is 0.424. The smallest absolute Gasteiger partial charge is 0.423 e. The van der Waals surface area contributed by atoms with E-state index in [2.05, 4.69) is 20.5 Å². The van der Waals surface area contributed by atoms with Gasteiger partial charge in [0, 0.05) is 33.7 Å². The first-order valence-corrected chi connectivity index (χ1v) is 9.99. The Morgan fingerprint density at radius 3 is 1.69 bits per heavy atom. The molecule has 0 atom stereocenters. The molecule has 2 aromatic carbocycles. The molecule has 26 heavy (non-hydrogen) atoms. The van der Waals surface area contributed by atoms with Crippen LogP contribution in [0.2, 0.25) is 0 Å². The number of aromatic nitrogens is 1. The Morgan fingerprint density at radius 1 is 0.731 bits per heavy atom. The van der Waals surface area contributed by atoms with Gasteiger partial charge in [0.15, 0.2) is 0 Å². The summed E-state index contributed by atoms with van der Waals surface area (Å²) in [5.74, 6) is 0. The average molecular weight is 418 g/mol. The van der Waals surface area contributed by atoms with Crippen LogP contribution < -0.4 is 10.9 Å². The van der Waals surface area contributed by atoms with Crippen molar-refractivity contribution < 1.29 is 20.1 Å². The van der Waals surface area contributed by atoms with E-state index in [0.29, 0.717) is 10.9 Å². The molecule has 0 saturated carbocycles. The van der Waals surface area contributed by atoms with Crippen molar-refractivity contribution in [1.82, 2.24) is 4.57 Å². The van der Waals surface area contributed by atoms with Gasteiger partial charge in [0.25, 0.3) is 0 Å². The van der Waals surface area contributed by atoms with E-state index in [1.54, 1.807) is 24.3 Å². The number of nitrogens with zero attached hydrogens (tertiary/aromatic N) is 1. The molecule has 1 aromatic heterocycles. The SMILES string of the molecule is OB(O)c1ccc2c3ccc(B(O)O)cc3n(CCCCCCBr)c2c1. The minimum Gasteiger partial charge on any atom is -0.423 e. The number of aryl methyl sites for hydroxylation is 1. The van der Waals surface area contributed by atoms with Crippen molar-refractivity contribution in [2.24, 2.45) is 0 Å². The lowest BCUT2D eigenvalue weighted by atomic mass is 9.79. The monoisotopic (exact) mass is 417 g/mol. The molecule has 5 nitrogen and oxygen atoms in total. The zero-order valence-corrected chi connectivity index (χ0v) is 16.1. The molecule has 0 aliphatic heterocycles. The largest absolute Gasteiger partial charge is 0.488 e. The van der Waals surface area contributed by atoms with Crippen LogP contribution in [0.4, 0.5) is 0 Å². The third-order valence-electron chi connectivity index (χ3n) is 4.78. The molecule has 0 aliphatic carbocycles. The molecule has 0 spiro atoms. The molecule has 3 rings (SSSR count). The van der Waals surface area contributed by atoms with Crippen LogP contribution in [0.1, 0.15) is 25.7 Å². The van der Waals surface area contributed by atoms with Gasteiger partial charge < -0.3 is 24.7 Å². The number of halogens is 1. The maximum Gasteiger partial charge on any atom is 0.488 e. The molecule has 0 radical (unpaired) electrons. The average Bonchev–Trinajstić information content (AvgIpc) is 2.94. The number of hydrogen-bond acceptors (Lipinski definition) is 4. The van der Waals surface area contributed by atoms with Gasteiger partial charge in [-0.05, 0) is 35.9 Å². The number of rotatable bonds is 8. The van der Waals surface area contributed by atoms with Gasteiger partial charge in [-0.1, -0.05) is 53.0 Å². The summed E-state index contributed by atoms with van der Waals surface area (Å²) in [4.78, 5) is 0. The topological polar surface area (TPSA) is 85.8 Å². The van der Waals surface area contributed by atoms with Crippen molar-refractivity contribution in [3.05, 3.63) is 36.4 Å². The zero-order chi connectivity index (χ0) is 18.7. The molecule has 1 heterocycles. The highest BCUT2D eigenvalue weighted by Gasteiger charge is 2.18. The summed E-state index contributed by atoms with van der Waals surface area (Å²) in [6.07, 6.45) is 4.42. The molecular formula is C18H22B2BrNO4. The summed E-state index contributed by atoms with van der Waals surface area (Å²) in [6.45, 7) is 0.790. The van der Waals surface area contributed by atoms with E-state index in [1.807, 2.05) is 12.1 Å². The summed E-state index contributed by atoms with van der Waals surface area (Å²) in [5.41, 5.74) is 2.75. The fraction of sp³-hybridized carbons (Fsp3) is 0.333. The number of fused-ring (bicyclic) bond motifs is 3. The van der Waals surface area contributed by atoms with E-state index in [4.69, 9.17) is 0 Å². The van der Waals surface area contributed by atoms with Crippen molar-refractivity contribution in [3.8, 4) is 0 Å². The molecule has 4 N–H and O–H groups in total. The van der Waals surface area contributed by atoms with Gasteiger partial charge in [0.1, 0.15) is 0 Å². The van der Waals surface area contributed by atoms with E-state index in [0.717, 1.165) is 59.4 Å². The highest BCUT2D eigenvalue weighted by Crippen LogP contribution is 2.28. The van der Waals surface area contributed by atoms with Crippen LogP contribution in [0.15, 0.2) is 36.4 Å². The first-order chi connectivity index (χ1) is 12.5. The van der Waals surface area contributed by atoms with Crippen LogP contribution in [0, 0.1) is 0 Å². The summed E-state index contributed by atoms with van der Waals surface area (Å²) >= 11 is 3.45. The second-order valence-corrected chi connectivity index (χ2v) is 7.35. The molecule has 0 saturated heterocycles. The van der Waals surface area contributed by atoms with Crippen molar-refractivity contribution >= 4 is 62.9 Å². The standard InChI is InChI=1S/C18H22B2BrNO4/c21-9-3-1-2-4-10-22-17-11-13(19(23)24)5-7-15(17)16-8-6-14(20(25)26)12-18(16)22/h5-8,11-12,23-26H,1-4,9-10H2. The molecule has 136 valence electrons. The molecule has 3 aromatic rings. The summed E-state index contributed by atoms with van der Waals surface area (Å²) in [6, 6.07) is 10.8. The number of alkyl halides is 1. The van der Waals surface area contributed by atoms with Gasteiger partial charge >= 0.3 is 14.2 Å². The minimum atomic E-state index is -1.51. The van der Waals surface area contributed by atoms with E-state index in [9.17, 15) is 20.1 Å². The zero-order valence-electron chi connectivity index (χ0n) is 14.5. The predicted octanol–water partition coefficient (Wildman–Crippen LogP) is 1.11. The lowest BCUT2D eigenvalue weighted by Gasteiger charge is -2.09. The fourth-order valence-corrected chi connectivity index (χ4v) is 3.81. The Kier molecular flexibility index (Phi) is 6.42. The van der Waals surface area contributed by atoms with Crippen LogP contribution in [-0.2, 0) is 6.54 Å². The maximum absolute atomic E-state index is 9.51. The third-order valence-corrected chi connectivity index (χ3v) is 5.34. The van der Waals surface area contributed by atoms with Crippen molar-refractivity contribution in [2.75, 3.05) is 5.33 Å². The Labute approximate surface area is 161 Å². The Bertz CT molecular complexity index is 832. The normalized spacial score (nSPS) is 11.4. The molecule has 0 bridgehead atoms. The van der Waals surface area contributed by atoms with E-state index in [1.165, 1.54) is 0 Å². The van der Waals surface area contributed by atoms with Gasteiger partial charge in [-0.3, -0.25) is 0 Å². The van der Waals surface area contributed by atoms with Gasteiger partial charge in [0.05, 0.1) is 0 Å². The molecular weight excluding hydrogens is 396 g/mol. The summed E-state index contributed by atoms with van der Waals surface area (Å²) in [7, 11) is -3.03. The lowest BCUT2D eigenvalue weighted by Crippen LogP contribution is -2.29. The number of benzene rings is 2. The van der Waals surface area contributed by atoms with Crippen LogP contribution in [0.25, 0.3) is 21.8 Å². The fourth-order valence-electron chi connectivity index (χ4n) is 3.41. The van der Waals surface area contributed by atoms with Gasteiger partial charge in [-0.15, -0.1) is 0 Å². The van der Waals surface area contributed by atoms with Crippen LogP contribution >= 0.6 is 15.9 Å². The van der Waals surface area contributed by atoms with E-state index >= 15 is 0 Å². The van der Waals surface area contributed by atoms with Crippen LogP contribution in [0.3, 0.4) is 0 Å². The van der Waals surface area contributed by atoms with Crippen molar-refractivity contribution in [2.45, 2.75) is 32.2 Å². The molecule has 0 amide bonds. The first kappa shape index (κ1) is 19.5. The second kappa shape index (κ2) is 8.59. The Hall–Kier alpha value is -1.31. The highest BCUT2D eigenvalue weighted by atomic mass is 79.9. The summed E-state index contributed by atoms with van der Waals surface area (Å²) in [5, 5.41) is 41.1. The van der Waals surface area contributed by atoms with E-state index in [-0.39, 0.29) is 0 Å². The van der Waals surface area contributed by atoms with Crippen molar-refractivity contribution in [1.29, 1.82) is 0 Å². The third kappa shape index (κ3) is 4.00. The molecule has 0 unspecified atom stereocenters. The van der Waals surface area contributed by atoms with Gasteiger partial charge in [-0.2, -0.15) is 0 Å². The number of hydrogen-bond donors (Lipinski definition) is 4. The summed E-state index contributed by atoms with van der Waals surface area (Å²) < 4.78 is 2.14. The van der Waals surface area contributed by atoms with Crippen LogP contribution in [0.5, 0.6) is 0 Å².